The van der Waals surface area contributed by atoms with Crippen LogP contribution < -0.4 is 10.6 Å². The van der Waals surface area contributed by atoms with Crippen LogP contribution in [0, 0.1) is 0 Å². The Kier molecular flexibility index (Phi) is 2.07. The van der Waals surface area contributed by atoms with E-state index in [1.807, 2.05) is 6.07 Å². The lowest BCUT2D eigenvalue weighted by Crippen LogP contribution is -2.42. The third-order valence-electron chi connectivity index (χ3n) is 2.48. The monoisotopic (exact) mass is 206 g/mol. The summed E-state index contributed by atoms with van der Waals surface area (Å²) >= 11 is 0. The maximum Gasteiger partial charge on any atom is 0.337 e. The number of para-hydroxylation sites is 1. The molecule has 4 nitrogen and oxygen atoms in total. The normalized spacial score (nSPS) is 17.2. The predicted molar refractivity (Wildman–Crippen MR) is 59.6 cm³/mol. The SMILES string of the molecule is CC1(C)CNc2c(cccc2C(=O)O)N1. The fourth-order valence-corrected chi connectivity index (χ4v) is 1.74. The van der Waals surface area contributed by atoms with Crippen molar-refractivity contribution in [2.24, 2.45) is 0 Å². The lowest BCUT2D eigenvalue weighted by Gasteiger charge is -2.35. The van der Waals surface area contributed by atoms with Crippen molar-refractivity contribution in [3.05, 3.63) is 23.8 Å². The van der Waals surface area contributed by atoms with Crippen molar-refractivity contribution in [1.29, 1.82) is 0 Å². The summed E-state index contributed by atoms with van der Waals surface area (Å²) in [5.41, 5.74) is 1.80. The summed E-state index contributed by atoms with van der Waals surface area (Å²) in [6.07, 6.45) is 0. The van der Waals surface area contributed by atoms with Crippen molar-refractivity contribution >= 4 is 17.3 Å². The van der Waals surface area contributed by atoms with E-state index in [1.54, 1.807) is 12.1 Å². The molecule has 0 unspecified atom stereocenters. The van der Waals surface area contributed by atoms with E-state index in [2.05, 4.69) is 24.5 Å². The van der Waals surface area contributed by atoms with Crippen LogP contribution in [0.3, 0.4) is 0 Å². The molecule has 1 aromatic rings. The average molecular weight is 206 g/mol. The van der Waals surface area contributed by atoms with Gasteiger partial charge < -0.3 is 15.7 Å². The van der Waals surface area contributed by atoms with Gasteiger partial charge in [-0.1, -0.05) is 6.07 Å². The fourth-order valence-electron chi connectivity index (χ4n) is 1.74. The molecule has 15 heavy (non-hydrogen) atoms. The highest BCUT2D eigenvalue weighted by atomic mass is 16.4. The molecule has 1 aliphatic rings. The molecule has 1 aliphatic heterocycles. The lowest BCUT2D eigenvalue weighted by atomic mass is 9.99. The number of nitrogens with one attached hydrogen (secondary N) is 2. The smallest absolute Gasteiger partial charge is 0.337 e. The summed E-state index contributed by atoms with van der Waals surface area (Å²) in [4.78, 5) is 11.0. The number of hydrogen-bond donors (Lipinski definition) is 3. The molecule has 0 aliphatic carbocycles. The third kappa shape index (κ3) is 1.75. The number of hydrogen-bond acceptors (Lipinski definition) is 3. The second kappa shape index (κ2) is 3.15. The second-order valence-corrected chi connectivity index (χ2v) is 4.40. The molecule has 0 fully saturated rings. The number of fused-ring (bicyclic) bond motifs is 1. The lowest BCUT2D eigenvalue weighted by molar-refractivity contribution is 0.0698. The minimum atomic E-state index is -0.902. The van der Waals surface area contributed by atoms with Crippen LogP contribution in [0.4, 0.5) is 11.4 Å². The summed E-state index contributed by atoms with van der Waals surface area (Å²) in [7, 11) is 0. The first-order valence-corrected chi connectivity index (χ1v) is 4.88. The standard InChI is InChI=1S/C11H14N2O2/c1-11(2)6-12-9-7(10(14)15)4-3-5-8(9)13-11/h3-5,12-13H,6H2,1-2H3,(H,14,15). The molecule has 0 bridgehead atoms. The van der Waals surface area contributed by atoms with Gasteiger partial charge in [0.1, 0.15) is 0 Å². The Morgan fingerprint density at radius 1 is 1.47 bits per heavy atom. The van der Waals surface area contributed by atoms with Crippen LogP contribution >= 0.6 is 0 Å². The number of carbonyl (C=O) groups is 1. The van der Waals surface area contributed by atoms with Crippen molar-refractivity contribution in [2.45, 2.75) is 19.4 Å². The number of anilines is 2. The van der Waals surface area contributed by atoms with Crippen LogP contribution in [0.1, 0.15) is 24.2 Å². The molecular formula is C11H14N2O2. The van der Waals surface area contributed by atoms with Crippen molar-refractivity contribution < 1.29 is 9.90 Å². The number of aromatic carboxylic acids is 1. The van der Waals surface area contributed by atoms with E-state index in [-0.39, 0.29) is 5.54 Å². The van der Waals surface area contributed by atoms with E-state index in [0.717, 1.165) is 5.69 Å². The van der Waals surface area contributed by atoms with Crippen molar-refractivity contribution in [3.8, 4) is 0 Å². The Morgan fingerprint density at radius 2 is 2.20 bits per heavy atom. The van der Waals surface area contributed by atoms with Gasteiger partial charge in [-0.2, -0.15) is 0 Å². The zero-order chi connectivity index (χ0) is 11.1. The Hall–Kier alpha value is -1.71. The predicted octanol–water partition coefficient (Wildman–Crippen LogP) is 2.00. The van der Waals surface area contributed by atoms with Crippen molar-refractivity contribution in [2.75, 3.05) is 17.2 Å². The van der Waals surface area contributed by atoms with Gasteiger partial charge in [0, 0.05) is 12.1 Å². The molecule has 1 aromatic carbocycles. The van der Waals surface area contributed by atoms with E-state index in [4.69, 9.17) is 5.11 Å². The van der Waals surface area contributed by atoms with E-state index in [0.29, 0.717) is 17.8 Å². The summed E-state index contributed by atoms with van der Waals surface area (Å²) in [5, 5.41) is 15.5. The molecule has 0 amide bonds. The Bertz CT molecular complexity index is 413. The Labute approximate surface area is 88.3 Å². The molecule has 0 atom stereocenters. The van der Waals surface area contributed by atoms with Gasteiger partial charge in [-0.25, -0.2) is 4.79 Å². The zero-order valence-electron chi connectivity index (χ0n) is 8.79. The third-order valence-corrected chi connectivity index (χ3v) is 2.48. The van der Waals surface area contributed by atoms with Crippen LogP contribution in [0.25, 0.3) is 0 Å². The summed E-state index contributed by atoms with van der Waals surface area (Å²) in [6, 6.07) is 5.24. The molecule has 0 spiro atoms. The first-order valence-electron chi connectivity index (χ1n) is 4.88. The van der Waals surface area contributed by atoms with Crippen LogP contribution in [-0.2, 0) is 0 Å². The van der Waals surface area contributed by atoms with Crippen molar-refractivity contribution in [1.82, 2.24) is 0 Å². The van der Waals surface area contributed by atoms with Crippen molar-refractivity contribution in [3.63, 3.8) is 0 Å². The molecule has 0 aromatic heterocycles. The minimum absolute atomic E-state index is 0.0515. The highest BCUT2D eigenvalue weighted by molar-refractivity contribution is 5.98. The second-order valence-electron chi connectivity index (χ2n) is 4.40. The molecule has 3 N–H and O–H groups in total. The number of benzene rings is 1. The number of carboxylic acids is 1. The van der Waals surface area contributed by atoms with E-state index < -0.39 is 5.97 Å². The first-order chi connectivity index (χ1) is 6.99. The first kappa shape index (κ1) is 9.83. The van der Waals surface area contributed by atoms with Crippen LogP contribution in [-0.4, -0.2) is 23.2 Å². The molecule has 4 heteroatoms. The van der Waals surface area contributed by atoms with Crippen LogP contribution in [0.5, 0.6) is 0 Å². The van der Waals surface area contributed by atoms with E-state index in [9.17, 15) is 4.79 Å². The Morgan fingerprint density at radius 3 is 2.87 bits per heavy atom. The quantitative estimate of drug-likeness (QED) is 0.657. The van der Waals surface area contributed by atoms with Gasteiger partial charge in [-0.05, 0) is 26.0 Å². The van der Waals surface area contributed by atoms with Gasteiger partial charge in [-0.15, -0.1) is 0 Å². The van der Waals surface area contributed by atoms with Gasteiger partial charge in [0.2, 0.25) is 0 Å². The van der Waals surface area contributed by atoms with Crippen LogP contribution in [0.2, 0.25) is 0 Å². The van der Waals surface area contributed by atoms with Gasteiger partial charge in [0.25, 0.3) is 0 Å². The molecule has 0 saturated heterocycles. The summed E-state index contributed by atoms with van der Waals surface area (Å²) < 4.78 is 0. The highest BCUT2D eigenvalue weighted by Gasteiger charge is 2.26. The van der Waals surface area contributed by atoms with Gasteiger partial charge >= 0.3 is 5.97 Å². The average Bonchev–Trinajstić information content (AvgIpc) is 2.14. The molecule has 0 radical (unpaired) electrons. The number of carboxylic acid groups (broad SMARTS) is 1. The molecule has 2 rings (SSSR count). The fraction of sp³-hybridized carbons (Fsp3) is 0.364. The maximum atomic E-state index is 11.0. The summed E-state index contributed by atoms with van der Waals surface area (Å²) in [6.45, 7) is 4.84. The van der Waals surface area contributed by atoms with Gasteiger partial charge in [0.05, 0.1) is 16.9 Å². The Balaban J connectivity index is 2.47. The topological polar surface area (TPSA) is 61.4 Å². The molecular weight excluding hydrogens is 192 g/mol. The molecule has 1 heterocycles. The van der Waals surface area contributed by atoms with E-state index >= 15 is 0 Å². The highest BCUT2D eigenvalue weighted by Crippen LogP contribution is 2.32. The van der Waals surface area contributed by atoms with Gasteiger partial charge in [-0.3, -0.25) is 0 Å². The molecule has 80 valence electrons. The zero-order valence-corrected chi connectivity index (χ0v) is 8.79. The van der Waals surface area contributed by atoms with Gasteiger partial charge in [0.15, 0.2) is 0 Å². The minimum Gasteiger partial charge on any atom is -0.478 e. The number of rotatable bonds is 1. The van der Waals surface area contributed by atoms with E-state index in [1.165, 1.54) is 0 Å². The maximum absolute atomic E-state index is 11.0. The molecule has 0 saturated carbocycles. The van der Waals surface area contributed by atoms with Crippen LogP contribution in [0.15, 0.2) is 18.2 Å². The summed E-state index contributed by atoms with van der Waals surface area (Å²) in [5.74, 6) is -0.902. The largest absolute Gasteiger partial charge is 0.478 e.